The largest absolute Gasteiger partial charge is 0.389 e. The minimum absolute atomic E-state index is 0.283. The highest BCUT2D eigenvalue weighted by molar-refractivity contribution is 9.10. The van der Waals surface area contributed by atoms with Crippen molar-refractivity contribution in [1.29, 1.82) is 0 Å². The van der Waals surface area contributed by atoms with Crippen molar-refractivity contribution in [2.45, 2.75) is 37.9 Å². The Labute approximate surface area is 121 Å². The second-order valence-corrected chi connectivity index (χ2v) is 5.81. The number of hydrogen-bond donors (Lipinski definition) is 2. The van der Waals surface area contributed by atoms with Crippen LogP contribution in [0.2, 0.25) is 0 Å². The number of aliphatic hydroxyl groups excluding tert-OH is 1. The molecule has 19 heavy (non-hydrogen) atoms. The van der Waals surface area contributed by atoms with Gasteiger partial charge < -0.3 is 15.2 Å². The molecule has 0 saturated heterocycles. The van der Waals surface area contributed by atoms with Gasteiger partial charge in [-0.25, -0.2) is 4.39 Å². The van der Waals surface area contributed by atoms with E-state index in [1.807, 2.05) is 0 Å². The van der Waals surface area contributed by atoms with Crippen LogP contribution in [0.25, 0.3) is 0 Å². The van der Waals surface area contributed by atoms with E-state index in [1.54, 1.807) is 12.1 Å². The summed E-state index contributed by atoms with van der Waals surface area (Å²) in [6.07, 6.45) is 4.26. The molecule has 0 bridgehead atoms. The lowest BCUT2D eigenvalue weighted by Gasteiger charge is -2.16. The van der Waals surface area contributed by atoms with E-state index in [1.165, 1.54) is 18.9 Å². The van der Waals surface area contributed by atoms with Crippen molar-refractivity contribution in [3.05, 3.63) is 28.5 Å². The molecule has 1 aliphatic carbocycles. The molecule has 1 aromatic carbocycles. The van der Waals surface area contributed by atoms with Crippen molar-refractivity contribution in [2.75, 3.05) is 18.5 Å². The summed E-state index contributed by atoms with van der Waals surface area (Å²) in [5.41, 5.74) is 0.392. The first-order valence-electron chi connectivity index (χ1n) is 6.64. The average molecular weight is 332 g/mol. The summed E-state index contributed by atoms with van der Waals surface area (Å²) in [5, 5.41) is 12.7. The van der Waals surface area contributed by atoms with E-state index >= 15 is 0 Å². The molecule has 1 aromatic rings. The molecule has 2 N–H and O–H groups in total. The predicted octanol–water partition coefficient (Wildman–Crippen LogP) is 3.32. The number of nitrogens with one attached hydrogen (secondary N) is 1. The van der Waals surface area contributed by atoms with Gasteiger partial charge in [-0.2, -0.15) is 0 Å². The van der Waals surface area contributed by atoms with E-state index in [9.17, 15) is 9.50 Å². The standard InChI is InChI=1S/C14H19BrFNO2/c15-10-5-6-14(13(16)7-10)17-8-11(18)9-19-12-3-1-2-4-12/h5-7,11-12,17-18H,1-4,8-9H2. The van der Waals surface area contributed by atoms with Crippen molar-refractivity contribution in [3.63, 3.8) is 0 Å². The summed E-state index contributed by atoms with van der Waals surface area (Å²) < 4.78 is 19.8. The van der Waals surface area contributed by atoms with Crippen molar-refractivity contribution >= 4 is 21.6 Å². The maximum Gasteiger partial charge on any atom is 0.147 e. The third kappa shape index (κ3) is 4.75. The van der Waals surface area contributed by atoms with Crippen LogP contribution in [0, 0.1) is 5.82 Å². The fourth-order valence-corrected chi connectivity index (χ4v) is 2.55. The summed E-state index contributed by atoms with van der Waals surface area (Å²) in [4.78, 5) is 0. The lowest BCUT2D eigenvalue weighted by molar-refractivity contribution is -0.00119. The molecule has 1 fully saturated rings. The van der Waals surface area contributed by atoms with Crippen LogP contribution in [-0.4, -0.2) is 30.5 Å². The summed E-state index contributed by atoms with van der Waals surface area (Å²) in [6, 6.07) is 4.79. The van der Waals surface area contributed by atoms with E-state index in [0.29, 0.717) is 22.9 Å². The number of hydrogen-bond acceptors (Lipinski definition) is 3. The number of rotatable bonds is 6. The average Bonchev–Trinajstić information content (AvgIpc) is 2.88. The Morgan fingerprint density at radius 1 is 1.42 bits per heavy atom. The zero-order valence-corrected chi connectivity index (χ0v) is 12.3. The molecule has 1 saturated carbocycles. The SMILES string of the molecule is OC(CNc1ccc(Br)cc1F)COC1CCCC1. The zero-order chi connectivity index (χ0) is 13.7. The smallest absolute Gasteiger partial charge is 0.147 e. The van der Waals surface area contributed by atoms with E-state index in [0.717, 1.165) is 12.8 Å². The van der Waals surface area contributed by atoms with Gasteiger partial charge in [0.25, 0.3) is 0 Å². The van der Waals surface area contributed by atoms with Gasteiger partial charge in [-0.3, -0.25) is 0 Å². The molecule has 1 aliphatic rings. The normalized spacial score (nSPS) is 17.6. The molecule has 1 atom stereocenters. The van der Waals surface area contributed by atoms with Gasteiger partial charge >= 0.3 is 0 Å². The molecule has 5 heteroatoms. The molecular weight excluding hydrogens is 313 g/mol. The first kappa shape index (κ1) is 14.8. The van der Waals surface area contributed by atoms with Gasteiger partial charge in [0.2, 0.25) is 0 Å². The molecule has 0 aliphatic heterocycles. The van der Waals surface area contributed by atoms with Gasteiger partial charge in [-0.15, -0.1) is 0 Å². The molecule has 0 heterocycles. The van der Waals surface area contributed by atoms with Crippen molar-refractivity contribution in [3.8, 4) is 0 Å². The van der Waals surface area contributed by atoms with Crippen molar-refractivity contribution in [1.82, 2.24) is 0 Å². The highest BCUT2D eigenvalue weighted by Gasteiger charge is 2.17. The molecule has 0 aromatic heterocycles. The summed E-state index contributed by atoms with van der Waals surface area (Å²) >= 11 is 3.20. The van der Waals surface area contributed by atoms with Crippen LogP contribution < -0.4 is 5.32 Å². The Balaban J connectivity index is 1.71. The van der Waals surface area contributed by atoms with Crippen LogP contribution in [0.15, 0.2) is 22.7 Å². The van der Waals surface area contributed by atoms with Crippen molar-refractivity contribution < 1.29 is 14.2 Å². The van der Waals surface area contributed by atoms with Gasteiger partial charge in [-0.1, -0.05) is 28.8 Å². The molecule has 0 radical (unpaired) electrons. The van der Waals surface area contributed by atoms with E-state index < -0.39 is 6.10 Å². The Bertz CT molecular complexity index is 410. The number of aliphatic hydroxyl groups is 1. The number of halogens is 2. The highest BCUT2D eigenvalue weighted by Crippen LogP contribution is 2.21. The molecule has 1 unspecified atom stereocenters. The van der Waals surface area contributed by atoms with Gasteiger partial charge in [0.1, 0.15) is 5.82 Å². The fourth-order valence-electron chi connectivity index (χ4n) is 2.22. The van der Waals surface area contributed by atoms with Gasteiger partial charge in [0, 0.05) is 11.0 Å². The topological polar surface area (TPSA) is 41.5 Å². The van der Waals surface area contributed by atoms with Gasteiger partial charge in [0.15, 0.2) is 0 Å². The summed E-state index contributed by atoms with van der Waals surface area (Å²) in [5.74, 6) is -0.335. The van der Waals surface area contributed by atoms with Crippen LogP contribution in [0.1, 0.15) is 25.7 Å². The van der Waals surface area contributed by atoms with E-state index in [2.05, 4.69) is 21.2 Å². The molecule has 3 nitrogen and oxygen atoms in total. The maximum atomic E-state index is 13.5. The lowest BCUT2D eigenvalue weighted by Crippen LogP contribution is -2.27. The van der Waals surface area contributed by atoms with Crippen LogP contribution in [-0.2, 0) is 4.74 Å². The number of benzene rings is 1. The monoisotopic (exact) mass is 331 g/mol. The number of anilines is 1. The maximum absolute atomic E-state index is 13.5. The second kappa shape index (κ2) is 7.22. The first-order valence-corrected chi connectivity index (χ1v) is 7.43. The Morgan fingerprint density at radius 2 is 2.16 bits per heavy atom. The molecule has 2 rings (SSSR count). The summed E-state index contributed by atoms with van der Waals surface area (Å²) in [7, 11) is 0. The van der Waals surface area contributed by atoms with Crippen LogP contribution in [0.4, 0.5) is 10.1 Å². The third-order valence-corrected chi connectivity index (χ3v) is 3.78. The van der Waals surface area contributed by atoms with E-state index in [4.69, 9.17) is 4.74 Å². The van der Waals surface area contributed by atoms with Crippen LogP contribution in [0.5, 0.6) is 0 Å². The molecular formula is C14H19BrFNO2. The van der Waals surface area contributed by atoms with Crippen LogP contribution in [0.3, 0.4) is 0 Å². The van der Waals surface area contributed by atoms with E-state index in [-0.39, 0.29) is 12.4 Å². The Morgan fingerprint density at radius 3 is 2.84 bits per heavy atom. The minimum Gasteiger partial charge on any atom is -0.389 e. The van der Waals surface area contributed by atoms with Gasteiger partial charge in [0.05, 0.1) is 24.5 Å². The minimum atomic E-state index is -0.622. The number of ether oxygens (including phenoxy) is 1. The quantitative estimate of drug-likeness (QED) is 0.840. The second-order valence-electron chi connectivity index (χ2n) is 4.90. The first-order chi connectivity index (χ1) is 9.15. The Hall–Kier alpha value is -0.650. The molecule has 106 valence electrons. The zero-order valence-electron chi connectivity index (χ0n) is 10.7. The third-order valence-electron chi connectivity index (χ3n) is 3.29. The fraction of sp³-hybridized carbons (Fsp3) is 0.571. The molecule has 0 amide bonds. The van der Waals surface area contributed by atoms with Crippen LogP contribution >= 0.6 is 15.9 Å². The highest BCUT2D eigenvalue weighted by atomic mass is 79.9. The van der Waals surface area contributed by atoms with Crippen molar-refractivity contribution in [2.24, 2.45) is 0 Å². The molecule has 0 spiro atoms. The Kier molecular flexibility index (Phi) is 5.60. The lowest BCUT2D eigenvalue weighted by atomic mass is 10.3. The summed E-state index contributed by atoms with van der Waals surface area (Å²) in [6.45, 7) is 0.584. The predicted molar refractivity (Wildman–Crippen MR) is 76.8 cm³/mol. The van der Waals surface area contributed by atoms with Gasteiger partial charge in [-0.05, 0) is 31.0 Å².